The first-order chi connectivity index (χ1) is 6.87. The maximum absolute atomic E-state index is 7.08. The molecule has 2 heteroatoms. The quantitative estimate of drug-likeness (QED) is 0.843. The van der Waals surface area contributed by atoms with Crippen LogP contribution >= 0.6 is 15.9 Å². The number of rotatable bonds is 3. The maximum atomic E-state index is 7.08. The van der Waals surface area contributed by atoms with Crippen molar-refractivity contribution in [1.82, 2.24) is 5.32 Å². The molecule has 0 spiro atoms. The molecule has 1 nitrogen and oxygen atoms in total. The van der Waals surface area contributed by atoms with Gasteiger partial charge in [-0.05, 0) is 38.0 Å². The van der Waals surface area contributed by atoms with Crippen LogP contribution in [0.2, 0.25) is 0 Å². The highest BCUT2D eigenvalue weighted by Gasteiger charge is 1.99. The van der Waals surface area contributed by atoms with Crippen LogP contribution in [0.5, 0.6) is 0 Å². The molecule has 0 aliphatic heterocycles. The lowest BCUT2D eigenvalue weighted by Gasteiger charge is -2.09. The molecule has 0 aliphatic rings. The van der Waals surface area contributed by atoms with Gasteiger partial charge in [-0.3, -0.25) is 0 Å². The zero-order valence-corrected chi connectivity index (χ0v) is 8.56. The highest BCUT2D eigenvalue weighted by molar-refractivity contribution is 9.10. The molecule has 1 rings (SSSR count). The van der Waals surface area contributed by atoms with Crippen LogP contribution in [0.4, 0.5) is 0 Å². The van der Waals surface area contributed by atoms with Gasteiger partial charge in [-0.2, -0.15) is 0 Å². The van der Waals surface area contributed by atoms with Crippen LogP contribution in [0.15, 0.2) is 28.7 Å². The summed E-state index contributed by atoms with van der Waals surface area (Å²) in [6.07, 6.45) is 0.714. The lowest BCUT2D eigenvalue weighted by Crippen LogP contribution is -2.23. The molecule has 0 fully saturated rings. The van der Waals surface area contributed by atoms with E-state index in [0.29, 0.717) is 6.42 Å². The first-order valence-electron chi connectivity index (χ1n) is 5.39. The maximum Gasteiger partial charge on any atom is 0.0391 e. The first-order valence-corrected chi connectivity index (χ1v) is 4.68. The predicted molar refractivity (Wildman–Crippen MR) is 56.4 cm³/mol. The molecule has 0 saturated carbocycles. The summed E-state index contributed by atoms with van der Waals surface area (Å²) < 4.78 is 22.3. The van der Waals surface area contributed by atoms with Gasteiger partial charge in [-0.25, -0.2) is 0 Å². The average molecular weight is 231 g/mol. The summed E-state index contributed by atoms with van der Waals surface area (Å²) in [4.78, 5) is 0. The molecule has 0 radical (unpaired) electrons. The van der Waals surface area contributed by atoms with E-state index < -0.39 is 6.98 Å². The summed E-state index contributed by atoms with van der Waals surface area (Å²) in [7, 11) is 0. The van der Waals surface area contributed by atoms with E-state index in [9.17, 15) is 0 Å². The minimum Gasteiger partial charge on any atom is -0.317 e. The van der Waals surface area contributed by atoms with Crippen LogP contribution in [0.3, 0.4) is 0 Å². The van der Waals surface area contributed by atoms with Crippen molar-refractivity contribution < 1.29 is 4.11 Å². The number of hydrogen-bond acceptors (Lipinski definition) is 1. The highest BCUT2D eigenvalue weighted by Crippen LogP contribution is 2.11. The van der Waals surface area contributed by atoms with E-state index in [0.717, 1.165) is 10.0 Å². The van der Waals surface area contributed by atoms with E-state index in [2.05, 4.69) is 21.2 Å². The third-order valence-electron chi connectivity index (χ3n) is 1.70. The van der Waals surface area contributed by atoms with Crippen LogP contribution in [-0.2, 0) is 6.42 Å². The second-order valence-corrected chi connectivity index (χ2v) is 3.79. The Morgan fingerprint density at radius 1 is 1.50 bits per heavy atom. The van der Waals surface area contributed by atoms with Gasteiger partial charge in [-0.15, -0.1) is 0 Å². The van der Waals surface area contributed by atoms with Crippen LogP contribution in [0.1, 0.15) is 16.6 Å². The average Bonchev–Trinajstić information content (AvgIpc) is 2.05. The van der Waals surface area contributed by atoms with Gasteiger partial charge in [0.25, 0.3) is 0 Å². The zero-order valence-electron chi connectivity index (χ0n) is 9.97. The van der Waals surface area contributed by atoms with Gasteiger partial charge in [0.05, 0.1) is 0 Å². The van der Waals surface area contributed by atoms with Crippen LogP contribution in [-0.4, -0.2) is 13.0 Å². The Hall–Kier alpha value is -0.340. The molecule has 0 heterocycles. The lowest BCUT2D eigenvalue weighted by molar-refractivity contribution is 0.608. The van der Waals surface area contributed by atoms with Gasteiger partial charge < -0.3 is 5.32 Å². The van der Waals surface area contributed by atoms with E-state index in [1.807, 2.05) is 31.2 Å². The van der Waals surface area contributed by atoms with E-state index in [1.54, 1.807) is 0 Å². The minimum atomic E-state index is -2.06. The topological polar surface area (TPSA) is 12.0 Å². The van der Waals surface area contributed by atoms with Gasteiger partial charge >= 0.3 is 0 Å². The third kappa shape index (κ3) is 2.95. The molecule has 1 aromatic carbocycles. The number of likely N-dealkylation sites (N-methyl/N-ethyl adjacent to an activating group) is 1. The summed E-state index contributed by atoms with van der Waals surface area (Å²) >= 11 is 3.35. The number of nitrogens with one attached hydrogen (secondary N) is 1. The Kier molecular flexibility index (Phi) is 2.38. The van der Waals surface area contributed by atoms with Crippen LogP contribution in [0.25, 0.3) is 0 Å². The van der Waals surface area contributed by atoms with Crippen molar-refractivity contribution in [3.8, 4) is 0 Å². The molecular weight excluding hydrogens is 214 g/mol. The smallest absolute Gasteiger partial charge is 0.0391 e. The van der Waals surface area contributed by atoms with Crippen molar-refractivity contribution in [3.05, 3.63) is 34.3 Å². The van der Waals surface area contributed by atoms with Crippen LogP contribution < -0.4 is 5.32 Å². The van der Waals surface area contributed by atoms with Crippen molar-refractivity contribution in [2.24, 2.45) is 0 Å². The van der Waals surface area contributed by atoms with Crippen LogP contribution in [0, 0.1) is 0 Å². The molecule has 0 bridgehead atoms. The molecule has 1 aromatic rings. The summed E-state index contributed by atoms with van der Waals surface area (Å²) in [5.41, 5.74) is 1.13. The van der Waals surface area contributed by atoms with Crippen molar-refractivity contribution in [2.75, 3.05) is 6.98 Å². The Morgan fingerprint density at radius 3 is 2.75 bits per heavy atom. The molecule has 12 heavy (non-hydrogen) atoms. The monoisotopic (exact) mass is 230 g/mol. The molecule has 1 atom stereocenters. The van der Waals surface area contributed by atoms with Crippen molar-refractivity contribution >= 4 is 15.9 Å². The van der Waals surface area contributed by atoms with E-state index in [4.69, 9.17) is 4.11 Å². The second kappa shape index (κ2) is 4.63. The second-order valence-electron chi connectivity index (χ2n) is 2.88. The fraction of sp³-hybridized carbons (Fsp3) is 0.400. The normalized spacial score (nSPS) is 17.7. The number of halogens is 1. The summed E-state index contributed by atoms with van der Waals surface area (Å²) in [5, 5.41) is 2.57. The van der Waals surface area contributed by atoms with Gasteiger partial charge in [0, 0.05) is 14.6 Å². The molecule has 0 aliphatic carbocycles. The van der Waals surface area contributed by atoms with Gasteiger partial charge in [-0.1, -0.05) is 28.1 Å². The van der Waals surface area contributed by atoms with Gasteiger partial charge in [0.15, 0.2) is 0 Å². The third-order valence-corrected chi connectivity index (χ3v) is 2.23. The zero-order chi connectivity index (χ0) is 11.5. The Morgan fingerprint density at radius 2 is 2.17 bits per heavy atom. The van der Waals surface area contributed by atoms with Gasteiger partial charge in [0.1, 0.15) is 0 Å². The number of benzene rings is 1. The SMILES string of the molecule is [2H]C([2H])([2H])NC(C)Cc1ccc(Br)cc1. The van der Waals surface area contributed by atoms with E-state index in [1.165, 1.54) is 0 Å². The molecule has 0 saturated heterocycles. The predicted octanol–water partition coefficient (Wildman–Crippen LogP) is 2.60. The summed E-state index contributed by atoms with van der Waals surface area (Å²) in [5.74, 6) is 0. The fourth-order valence-electron chi connectivity index (χ4n) is 1.03. The van der Waals surface area contributed by atoms with Crippen molar-refractivity contribution in [2.45, 2.75) is 19.4 Å². The van der Waals surface area contributed by atoms with Gasteiger partial charge in [0.2, 0.25) is 0 Å². The van der Waals surface area contributed by atoms with E-state index >= 15 is 0 Å². The molecule has 0 amide bonds. The Balaban J connectivity index is 2.51. The standard InChI is InChI=1S/C10H14BrN/c1-8(12-2)7-9-3-5-10(11)6-4-9/h3-6,8,12H,7H2,1-2H3/i2D3. The highest BCUT2D eigenvalue weighted by atomic mass is 79.9. The fourth-order valence-corrected chi connectivity index (χ4v) is 1.29. The summed E-state index contributed by atoms with van der Waals surface area (Å²) in [6, 6.07) is 7.83. The van der Waals surface area contributed by atoms with Crippen molar-refractivity contribution in [1.29, 1.82) is 0 Å². The molecule has 1 N–H and O–H groups in total. The summed E-state index contributed by atoms with van der Waals surface area (Å²) in [6.45, 7) is -0.191. The first kappa shape index (κ1) is 6.17. The molecule has 0 aromatic heterocycles. The Bertz CT molecular complexity index is 307. The minimum absolute atomic E-state index is 0.0568. The lowest BCUT2D eigenvalue weighted by atomic mass is 10.1. The van der Waals surface area contributed by atoms with Crippen molar-refractivity contribution in [3.63, 3.8) is 0 Å². The largest absolute Gasteiger partial charge is 0.317 e. The number of hydrogen-bond donors (Lipinski definition) is 1. The molecular formula is C10H14BrN. The van der Waals surface area contributed by atoms with E-state index in [-0.39, 0.29) is 6.04 Å². The molecule has 66 valence electrons. The Labute approximate surface area is 86.5 Å². The molecule has 1 unspecified atom stereocenters.